The molecule has 0 fully saturated rings. The Bertz CT molecular complexity index is 173. The van der Waals surface area contributed by atoms with Crippen LogP contribution in [-0.2, 0) is 0 Å². The standard InChI is InChI=1S/C7H13N3/c1-6(2)10-7(3)9-5-4-8/h4-5H,8H2,1-3H3/b5-4?,9-7-. The molecule has 0 saturated carbocycles. The molecule has 0 aromatic rings. The van der Waals surface area contributed by atoms with Crippen molar-refractivity contribution in [2.75, 3.05) is 0 Å². The van der Waals surface area contributed by atoms with Gasteiger partial charge >= 0.3 is 0 Å². The second-order valence-electron chi connectivity index (χ2n) is 2.08. The van der Waals surface area contributed by atoms with E-state index in [2.05, 4.69) is 9.98 Å². The van der Waals surface area contributed by atoms with Crippen molar-refractivity contribution in [3.63, 3.8) is 0 Å². The van der Waals surface area contributed by atoms with Crippen LogP contribution in [0, 0.1) is 0 Å². The maximum Gasteiger partial charge on any atom is 0.125 e. The summed E-state index contributed by atoms with van der Waals surface area (Å²) in [5.41, 5.74) is 6.06. The molecule has 0 radical (unpaired) electrons. The van der Waals surface area contributed by atoms with Crippen LogP contribution in [0.25, 0.3) is 0 Å². The largest absolute Gasteiger partial charge is 0.403 e. The topological polar surface area (TPSA) is 50.7 Å². The zero-order valence-corrected chi connectivity index (χ0v) is 6.63. The second-order valence-corrected chi connectivity index (χ2v) is 2.08. The molecule has 0 aromatic carbocycles. The molecule has 10 heavy (non-hydrogen) atoms. The SMILES string of the molecule is CC(C)=N/C(C)=N\C=CN. The average Bonchev–Trinajstić information content (AvgIpc) is 1.82. The summed E-state index contributed by atoms with van der Waals surface area (Å²) in [5.74, 6) is 0.724. The van der Waals surface area contributed by atoms with Gasteiger partial charge in [-0.15, -0.1) is 0 Å². The van der Waals surface area contributed by atoms with Crippen LogP contribution in [0.1, 0.15) is 20.8 Å². The van der Waals surface area contributed by atoms with Crippen LogP contribution in [0.3, 0.4) is 0 Å². The predicted molar refractivity (Wildman–Crippen MR) is 45.2 cm³/mol. The highest BCUT2D eigenvalue weighted by Crippen LogP contribution is 1.83. The third kappa shape index (κ3) is 5.03. The lowest BCUT2D eigenvalue weighted by molar-refractivity contribution is 1.41. The van der Waals surface area contributed by atoms with Gasteiger partial charge in [-0.05, 0) is 20.8 Å². The molecule has 0 heterocycles. The first kappa shape index (κ1) is 8.88. The van der Waals surface area contributed by atoms with E-state index < -0.39 is 0 Å². The van der Waals surface area contributed by atoms with Crippen molar-refractivity contribution in [2.24, 2.45) is 15.7 Å². The first-order valence-electron chi connectivity index (χ1n) is 3.10. The Hall–Kier alpha value is -1.12. The number of nitrogens with zero attached hydrogens (tertiary/aromatic N) is 2. The highest BCUT2D eigenvalue weighted by Gasteiger charge is 1.81. The summed E-state index contributed by atoms with van der Waals surface area (Å²) >= 11 is 0. The molecule has 0 amide bonds. The summed E-state index contributed by atoms with van der Waals surface area (Å²) in [4.78, 5) is 7.98. The highest BCUT2D eigenvalue weighted by atomic mass is 14.9. The molecule has 2 N–H and O–H groups in total. The summed E-state index contributed by atoms with van der Waals surface area (Å²) in [7, 11) is 0. The van der Waals surface area contributed by atoms with Gasteiger partial charge in [0.15, 0.2) is 0 Å². The van der Waals surface area contributed by atoms with Crippen LogP contribution in [-0.4, -0.2) is 11.5 Å². The summed E-state index contributed by atoms with van der Waals surface area (Å²) in [6.07, 6.45) is 2.89. The first-order valence-corrected chi connectivity index (χ1v) is 3.10. The maximum atomic E-state index is 5.07. The minimum absolute atomic E-state index is 0.724. The van der Waals surface area contributed by atoms with Gasteiger partial charge in [-0.1, -0.05) is 0 Å². The number of aliphatic imine (C=N–C) groups is 2. The zero-order valence-electron chi connectivity index (χ0n) is 6.63. The lowest BCUT2D eigenvalue weighted by atomic mass is 10.5. The molecule has 0 aromatic heterocycles. The molecule has 0 aliphatic heterocycles. The van der Waals surface area contributed by atoms with E-state index in [0.717, 1.165) is 11.5 Å². The van der Waals surface area contributed by atoms with E-state index in [1.807, 2.05) is 20.8 Å². The van der Waals surface area contributed by atoms with Crippen molar-refractivity contribution in [3.8, 4) is 0 Å². The fourth-order valence-electron chi connectivity index (χ4n) is 0.503. The average molecular weight is 139 g/mol. The van der Waals surface area contributed by atoms with Gasteiger partial charge < -0.3 is 5.73 Å². The minimum Gasteiger partial charge on any atom is -0.403 e. The van der Waals surface area contributed by atoms with Crippen molar-refractivity contribution in [1.82, 2.24) is 0 Å². The molecule has 0 rings (SSSR count). The van der Waals surface area contributed by atoms with Gasteiger partial charge in [0.05, 0.1) is 0 Å². The summed E-state index contributed by atoms with van der Waals surface area (Å²) in [5, 5.41) is 0. The van der Waals surface area contributed by atoms with Crippen LogP contribution in [0.2, 0.25) is 0 Å². The van der Waals surface area contributed by atoms with Gasteiger partial charge in [-0.2, -0.15) is 0 Å². The quantitative estimate of drug-likeness (QED) is 0.432. The van der Waals surface area contributed by atoms with Gasteiger partial charge in [-0.3, -0.25) is 0 Å². The van der Waals surface area contributed by atoms with Crippen molar-refractivity contribution < 1.29 is 0 Å². The second kappa shape index (κ2) is 4.73. The molecule has 0 spiro atoms. The normalized spacial score (nSPS) is 12.1. The molecule has 0 saturated heterocycles. The molecule has 0 aliphatic carbocycles. The fourth-order valence-corrected chi connectivity index (χ4v) is 0.503. The first-order chi connectivity index (χ1) is 4.66. The minimum atomic E-state index is 0.724. The summed E-state index contributed by atoms with van der Waals surface area (Å²) in [6.45, 7) is 5.67. The molecule has 0 bridgehead atoms. The van der Waals surface area contributed by atoms with Gasteiger partial charge in [0, 0.05) is 18.1 Å². The molecule has 0 unspecified atom stereocenters. The Morgan fingerprint density at radius 3 is 2.30 bits per heavy atom. The van der Waals surface area contributed by atoms with Crippen molar-refractivity contribution in [3.05, 3.63) is 12.4 Å². The summed E-state index contributed by atoms with van der Waals surface area (Å²) in [6, 6.07) is 0. The third-order valence-corrected chi connectivity index (χ3v) is 0.733. The van der Waals surface area contributed by atoms with Crippen molar-refractivity contribution >= 4 is 11.5 Å². The number of hydrogen-bond donors (Lipinski definition) is 1. The summed E-state index contributed by atoms with van der Waals surface area (Å²) < 4.78 is 0. The van der Waals surface area contributed by atoms with E-state index in [9.17, 15) is 0 Å². The fraction of sp³-hybridized carbons (Fsp3) is 0.429. The van der Waals surface area contributed by atoms with Gasteiger partial charge in [0.2, 0.25) is 0 Å². The highest BCUT2D eigenvalue weighted by molar-refractivity contribution is 5.94. The Labute approximate surface area is 61.4 Å². The lowest BCUT2D eigenvalue weighted by Crippen LogP contribution is -1.89. The number of amidine groups is 1. The Balaban J connectivity index is 4.08. The number of hydrogen-bond acceptors (Lipinski definition) is 2. The Morgan fingerprint density at radius 2 is 1.90 bits per heavy atom. The van der Waals surface area contributed by atoms with Crippen LogP contribution in [0.15, 0.2) is 22.4 Å². The molecule has 0 aliphatic rings. The maximum absolute atomic E-state index is 5.07. The lowest BCUT2D eigenvalue weighted by Gasteiger charge is -1.88. The van der Waals surface area contributed by atoms with Gasteiger partial charge in [-0.25, -0.2) is 9.98 Å². The van der Waals surface area contributed by atoms with E-state index in [-0.39, 0.29) is 0 Å². The molecular formula is C7H13N3. The van der Waals surface area contributed by atoms with Gasteiger partial charge in [0.25, 0.3) is 0 Å². The number of nitrogens with two attached hydrogens (primary N) is 1. The van der Waals surface area contributed by atoms with E-state index in [4.69, 9.17) is 5.73 Å². The smallest absolute Gasteiger partial charge is 0.125 e. The monoisotopic (exact) mass is 139 g/mol. The van der Waals surface area contributed by atoms with Crippen LogP contribution in [0.5, 0.6) is 0 Å². The van der Waals surface area contributed by atoms with E-state index >= 15 is 0 Å². The Morgan fingerprint density at radius 1 is 1.30 bits per heavy atom. The van der Waals surface area contributed by atoms with Crippen LogP contribution in [0.4, 0.5) is 0 Å². The molecular weight excluding hydrogens is 126 g/mol. The van der Waals surface area contributed by atoms with E-state index in [1.165, 1.54) is 12.4 Å². The molecule has 0 atom stereocenters. The predicted octanol–water partition coefficient (Wildman–Crippen LogP) is 1.32. The molecule has 56 valence electrons. The Kier molecular flexibility index (Phi) is 4.20. The number of rotatable bonds is 1. The van der Waals surface area contributed by atoms with Crippen molar-refractivity contribution in [2.45, 2.75) is 20.8 Å². The third-order valence-electron chi connectivity index (χ3n) is 0.733. The van der Waals surface area contributed by atoms with Gasteiger partial charge in [0.1, 0.15) is 5.84 Å². The van der Waals surface area contributed by atoms with Crippen LogP contribution < -0.4 is 5.73 Å². The zero-order chi connectivity index (χ0) is 7.98. The molecule has 3 heteroatoms. The van der Waals surface area contributed by atoms with Crippen LogP contribution >= 0.6 is 0 Å². The molecule has 3 nitrogen and oxygen atoms in total. The van der Waals surface area contributed by atoms with Crippen molar-refractivity contribution in [1.29, 1.82) is 0 Å². The van der Waals surface area contributed by atoms with E-state index in [0.29, 0.717) is 0 Å². The van der Waals surface area contributed by atoms with E-state index in [1.54, 1.807) is 0 Å².